The minimum absolute atomic E-state index is 0.760. The largest absolute Gasteiger partial charge is 0.822 e. The fourth-order valence-electron chi connectivity index (χ4n) is 4.12. The van der Waals surface area contributed by atoms with Crippen molar-refractivity contribution in [2.75, 3.05) is 18.5 Å². The van der Waals surface area contributed by atoms with Gasteiger partial charge in [-0.3, -0.25) is 0 Å². The highest BCUT2D eigenvalue weighted by Gasteiger charge is 2.59. The first kappa shape index (κ1) is 30.8. The summed E-state index contributed by atoms with van der Waals surface area (Å²) < 4.78 is 49.6. The lowest BCUT2D eigenvalue weighted by molar-refractivity contribution is -0.444. The first-order valence-corrected chi connectivity index (χ1v) is 19.2. The van der Waals surface area contributed by atoms with Crippen molar-refractivity contribution in [1.82, 2.24) is 0 Å². The molecule has 0 N–H and O–H groups in total. The van der Waals surface area contributed by atoms with Gasteiger partial charge in [-0.05, 0) is 37.5 Å². The molecule has 0 amide bonds. The molecule has 38 heavy (non-hydrogen) atoms. The molecule has 3 atom stereocenters. The molecule has 6 heterocycles. The van der Waals surface area contributed by atoms with Crippen LogP contribution in [0.1, 0.15) is 37.5 Å². The van der Waals surface area contributed by atoms with Gasteiger partial charge in [0.15, 0.2) is 18.6 Å². The predicted octanol–water partition coefficient (Wildman–Crippen LogP) is 0.378. The summed E-state index contributed by atoms with van der Waals surface area (Å²) in [5.74, 6) is 0. The smallest absolute Gasteiger partial charge is 0.412 e. The Balaban J connectivity index is 0.000000145. The summed E-state index contributed by atoms with van der Waals surface area (Å²) >= 11 is 0. The Kier molecular flexibility index (Phi) is 8.93. The molecule has 0 bridgehead atoms. The highest BCUT2D eigenvalue weighted by molar-refractivity contribution is 7.70. The van der Waals surface area contributed by atoms with Gasteiger partial charge in [0.2, 0.25) is 0 Å². The van der Waals surface area contributed by atoms with Crippen LogP contribution in [0.3, 0.4) is 0 Å². The Bertz CT molecular complexity index is 1410. The van der Waals surface area contributed by atoms with Gasteiger partial charge in [0.1, 0.15) is 0 Å². The molecule has 14 heteroatoms. The zero-order valence-electron chi connectivity index (χ0n) is 22.3. The molecule has 0 fully saturated rings. The third kappa shape index (κ3) is 6.51. The molecule has 0 radical (unpaired) electrons. The van der Waals surface area contributed by atoms with Crippen LogP contribution in [0, 0.1) is 20.8 Å². The van der Waals surface area contributed by atoms with E-state index >= 15 is 0 Å². The molecule has 3 aromatic heterocycles. The number of aromatic nitrogens is 3. The van der Waals surface area contributed by atoms with Gasteiger partial charge >= 0.3 is 38.2 Å². The first-order valence-electron chi connectivity index (χ1n) is 12.2. The number of phosphoric acid groups is 1. The Hall–Kier alpha value is -1.75. The highest BCUT2D eigenvalue weighted by Crippen LogP contribution is 2.48. The Labute approximate surface area is 223 Å². The predicted molar refractivity (Wildman–Crippen MR) is 141 cm³/mol. The Morgan fingerprint density at radius 2 is 0.816 bits per heavy atom. The molecule has 3 aliphatic rings. The van der Waals surface area contributed by atoms with E-state index in [1.165, 1.54) is 16.7 Å². The zero-order valence-corrected chi connectivity index (χ0v) is 25.9. The fraction of sp³-hybridized carbons (Fsp3) is 0.375. The minimum atomic E-state index is -5.39. The van der Waals surface area contributed by atoms with Crippen LogP contribution in [0.15, 0.2) is 55.0 Å². The van der Waals surface area contributed by atoms with E-state index in [0.717, 1.165) is 34.8 Å². The topological polar surface area (TPSA) is 149 Å². The maximum atomic E-state index is 11.8. The van der Waals surface area contributed by atoms with Gasteiger partial charge < -0.3 is 19.2 Å². The third-order valence-electron chi connectivity index (χ3n) is 6.50. The van der Waals surface area contributed by atoms with Crippen molar-refractivity contribution >= 4 is 46.0 Å². The van der Waals surface area contributed by atoms with E-state index in [9.17, 15) is 13.7 Å². The van der Waals surface area contributed by atoms with Gasteiger partial charge in [0, 0.05) is 36.4 Å². The lowest BCUT2D eigenvalue weighted by Crippen LogP contribution is -2.24. The molecule has 3 aliphatic heterocycles. The summed E-state index contributed by atoms with van der Waals surface area (Å²) in [6.45, 7) is 12.0. The van der Waals surface area contributed by atoms with Crippen molar-refractivity contribution in [2.45, 2.75) is 41.5 Å². The van der Waals surface area contributed by atoms with Crippen molar-refractivity contribution < 1.29 is 46.0 Å². The van der Waals surface area contributed by atoms with Crippen molar-refractivity contribution in [3.05, 3.63) is 71.7 Å². The van der Waals surface area contributed by atoms with Crippen molar-refractivity contribution in [3.8, 4) is 0 Å². The summed E-state index contributed by atoms with van der Waals surface area (Å²) in [4.78, 5) is 25.6. The molecule has 0 saturated carbocycles. The van der Waals surface area contributed by atoms with Gasteiger partial charge in [0.05, 0.1) is 18.5 Å². The van der Waals surface area contributed by atoms with E-state index in [-0.39, 0.29) is 0 Å². The van der Waals surface area contributed by atoms with Crippen LogP contribution in [-0.4, -0.2) is 18.5 Å². The molecule has 0 aromatic carbocycles. The molecule has 0 spiro atoms. The van der Waals surface area contributed by atoms with Gasteiger partial charge in [-0.25, -0.2) is 13.7 Å². The number of pyridine rings is 3. The maximum absolute atomic E-state index is 11.8. The van der Waals surface area contributed by atoms with Crippen LogP contribution in [0.2, 0.25) is 0 Å². The molecular weight excluding hydrogens is 566 g/mol. The molecule has 10 nitrogen and oxygen atoms in total. The average Bonchev–Trinajstić information content (AvgIpc) is 3.77. The van der Waals surface area contributed by atoms with Crippen LogP contribution >= 0.6 is 29.7 Å². The first-order chi connectivity index (χ1) is 17.5. The van der Waals surface area contributed by atoms with Gasteiger partial charge in [-0.1, -0.05) is 20.8 Å². The van der Waals surface area contributed by atoms with Crippen LogP contribution < -0.4 is 44.0 Å². The van der Waals surface area contributed by atoms with Crippen molar-refractivity contribution in [2.24, 2.45) is 0 Å². The van der Waals surface area contributed by atoms with E-state index < -0.39 is 29.7 Å². The second-order valence-corrected chi connectivity index (χ2v) is 18.9. The van der Waals surface area contributed by atoms with Crippen LogP contribution in [0.4, 0.5) is 0 Å². The number of rotatable bonds is 3. The van der Waals surface area contributed by atoms with Crippen molar-refractivity contribution in [1.29, 1.82) is 0 Å². The van der Waals surface area contributed by atoms with Crippen LogP contribution in [0.25, 0.3) is 0 Å². The third-order valence-corrected chi connectivity index (χ3v) is 14.8. The van der Waals surface area contributed by atoms with Crippen molar-refractivity contribution in [3.63, 3.8) is 0 Å². The fourth-order valence-corrected chi connectivity index (χ4v) is 10.9. The zero-order chi connectivity index (χ0) is 28.7. The number of fused-ring (bicyclic) bond motifs is 3. The monoisotopic (exact) mass is 599 g/mol. The average molecular weight is 599 g/mol. The second kappa shape index (κ2) is 11.0. The Morgan fingerprint density at radius 1 is 0.605 bits per heavy atom. The summed E-state index contributed by atoms with van der Waals surface area (Å²) in [5.41, 5.74) is 6.72. The van der Waals surface area contributed by atoms with Crippen LogP contribution in [-0.2, 0) is 18.3 Å². The molecule has 3 unspecified atom stereocenters. The lowest BCUT2D eigenvalue weighted by atomic mass is 10.3. The van der Waals surface area contributed by atoms with Crippen LogP contribution in [0.5, 0.6) is 0 Å². The quantitative estimate of drug-likeness (QED) is 0.395. The number of hydrogen-bond acceptors (Lipinski definition) is 7. The molecule has 6 rings (SSSR count). The molecule has 206 valence electrons. The molecule has 0 aliphatic carbocycles. The normalized spacial score (nSPS) is 24.4. The number of aryl methyl sites for hydroxylation is 3. The summed E-state index contributed by atoms with van der Waals surface area (Å²) in [7, 11) is -11.4. The van der Waals surface area contributed by atoms with E-state index in [1.54, 1.807) is 0 Å². The van der Waals surface area contributed by atoms with E-state index in [1.807, 2.05) is 110 Å². The maximum Gasteiger partial charge on any atom is 0.412 e. The highest BCUT2D eigenvalue weighted by atomic mass is 31.2. The van der Waals surface area contributed by atoms with Gasteiger partial charge in [-0.15, -0.1) is 13.0 Å². The molecule has 3 aromatic rings. The summed E-state index contributed by atoms with van der Waals surface area (Å²) in [6.07, 6.45) is 8.06. The number of hydrogen-bond donors (Lipinski definition) is 0. The number of nitrogens with zero attached hydrogens (tertiary/aromatic N) is 3. The SMILES string of the molecule is CCP1(=O)c2cc(C)cc[n+]21.CCP1(=O)c2cc(C)cc[n+]21.CCP1(=O)c2cc(C)cc[n+]21.O=P([O-])([O-])[O-]. The summed E-state index contributed by atoms with van der Waals surface area (Å²) in [6, 6.07) is 12.1. The lowest BCUT2D eigenvalue weighted by Gasteiger charge is -2.36. The standard InChI is InChI=1S/3C8H11NOP.H3O4P/c3*1-3-11(10)8-6-7(2)4-5-9(8)11;1-5(2,3)4/h3*4-6H,3H2,1-2H3;(H3,1,2,3,4)/q3*+1;/p-3. The van der Waals surface area contributed by atoms with Gasteiger partial charge in [-0.2, -0.15) is 7.82 Å². The molecular formula is C24H33N3O7P4. The Morgan fingerprint density at radius 3 is 0.974 bits per heavy atom. The molecule has 0 saturated heterocycles. The minimum Gasteiger partial charge on any atom is -0.822 e. The van der Waals surface area contributed by atoms with E-state index in [4.69, 9.17) is 19.2 Å². The van der Waals surface area contributed by atoms with Gasteiger partial charge in [0.25, 0.3) is 0 Å². The summed E-state index contributed by atoms with van der Waals surface area (Å²) in [5, 5.41) is 0. The van der Waals surface area contributed by atoms with E-state index in [0.29, 0.717) is 0 Å². The van der Waals surface area contributed by atoms with E-state index in [2.05, 4.69) is 0 Å². The second-order valence-electron chi connectivity index (χ2n) is 9.22.